The molecule has 0 saturated carbocycles. The molecule has 0 aliphatic rings. The summed E-state index contributed by atoms with van der Waals surface area (Å²) in [7, 11) is 1.36. The van der Waals surface area contributed by atoms with Gasteiger partial charge in [0.1, 0.15) is 5.75 Å². The molecule has 0 heterocycles. The van der Waals surface area contributed by atoms with E-state index < -0.39 is 12.5 Å². The molecular weight excluding hydrogens is 332 g/mol. The Bertz CT molecular complexity index is 750. The molecule has 1 amide bonds. The van der Waals surface area contributed by atoms with E-state index in [1.165, 1.54) is 25.3 Å². The van der Waals surface area contributed by atoms with Gasteiger partial charge in [0.25, 0.3) is 5.91 Å². The van der Waals surface area contributed by atoms with Gasteiger partial charge in [0.05, 0.1) is 12.7 Å². The van der Waals surface area contributed by atoms with Gasteiger partial charge < -0.3 is 19.9 Å². The van der Waals surface area contributed by atoms with Crippen molar-refractivity contribution in [1.29, 1.82) is 0 Å². The summed E-state index contributed by atoms with van der Waals surface area (Å²) in [5.41, 5.74) is 1.74. The Hall–Kier alpha value is -2.83. The predicted octanol–water partition coefficient (Wildman–Crippen LogP) is 3.28. The van der Waals surface area contributed by atoms with Gasteiger partial charge in [-0.2, -0.15) is 8.78 Å². The molecule has 0 bridgehead atoms. The summed E-state index contributed by atoms with van der Waals surface area (Å²) in [6.07, 6.45) is 0.405. The molecule has 2 rings (SSSR count). The van der Waals surface area contributed by atoms with Crippen LogP contribution in [0.4, 0.5) is 8.78 Å². The molecule has 7 heteroatoms. The maximum Gasteiger partial charge on any atom is 0.387 e. The second-order valence-corrected chi connectivity index (χ2v) is 5.39. The molecule has 0 atom stereocenters. The van der Waals surface area contributed by atoms with Crippen molar-refractivity contribution in [3.8, 4) is 17.2 Å². The monoisotopic (exact) mass is 351 g/mol. The second kappa shape index (κ2) is 8.32. The van der Waals surface area contributed by atoms with Gasteiger partial charge in [0.2, 0.25) is 0 Å². The quantitative estimate of drug-likeness (QED) is 0.803. The molecule has 5 nitrogen and oxygen atoms in total. The molecule has 0 saturated heterocycles. The molecule has 25 heavy (non-hydrogen) atoms. The van der Waals surface area contributed by atoms with Crippen molar-refractivity contribution in [2.75, 3.05) is 13.7 Å². The number of amides is 1. The lowest BCUT2D eigenvalue weighted by Gasteiger charge is -2.12. The minimum absolute atomic E-state index is 0.0577. The SMILES string of the molecule is COc1ccc(CCNC(=O)c2cc(C)ccc2O)cc1OC(F)F. The van der Waals surface area contributed by atoms with Crippen LogP contribution in [0.1, 0.15) is 21.5 Å². The zero-order chi connectivity index (χ0) is 18.4. The fourth-order valence-corrected chi connectivity index (χ4v) is 2.31. The van der Waals surface area contributed by atoms with Crippen molar-refractivity contribution in [2.24, 2.45) is 0 Å². The minimum atomic E-state index is -2.95. The number of methoxy groups -OCH3 is 1. The molecule has 134 valence electrons. The van der Waals surface area contributed by atoms with E-state index in [2.05, 4.69) is 10.1 Å². The van der Waals surface area contributed by atoms with Gasteiger partial charge in [0.15, 0.2) is 11.5 Å². The topological polar surface area (TPSA) is 67.8 Å². The number of hydrogen-bond acceptors (Lipinski definition) is 4. The Morgan fingerprint density at radius 2 is 1.96 bits per heavy atom. The number of rotatable bonds is 7. The molecule has 2 aromatic rings. The smallest absolute Gasteiger partial charge is 0.387 e. The van der Waals surface area contributed by atoms with Gasteiger partial charge in [-0.15, -0.1) is 0 Å². The number of alkyl halides is 2. The largest absolute Gasteiger partial charge is 0.507 e. The van der Waals surface area contributed by atoms with Crippen molar-refractivity contribution in [3.05, 3.63) is 53.1 Å². The average molecular weight is 351 g/mol. The predicted molar refractivity (Wildman–Crippen MR) is 88.5 cm³/mol. The highest BCUT2D eigenvalue weighted by molar-refractivity contribution is 5.96. The van der Waals surface area contributed by atoms with Gasteiger partial charge >= 0.3 is 6.61 Å². The van der Waals surface area contributed by atoms with E-state index in [9.17, 15) is 18.7 Å². The van der Waals surface area contributed by atoms with Crippen LogP contribution in [0.2, 0.25) is 0 Å². The van der Waals surface area contributed by atoms with Gasteiger partial charge in [0, 0.05) is 6.54 Å². The number of phenolic OH excluding ortho intramolecular Hbond substituents is 1. The molecule has 0 unspecified atom stereocenters. The highest BCUT2D eigenvalue weighted by Gasteiger charge is 2.13. The van der Waals surface area contributed by atoms with Crippen molar-refractivity contribution < 1.29 is 28.2 Å². The van der Waals surface area contributed by atoms with Crippen LogP contribution in [0.25, 0.3) is 0 Å². The first-order valence-corrected chi connectivity index (χ1v) is 7.60. The molecule has 2 N–H and O–H groups in total. The van der Waals surface area contributed by atoms with E-state index >= 15 is 0 Å². The molecule has 0 fully saturated rings. The molecule has 2 aromatic carbocycles. The van der Waals surface area contributed by atoms with Crippen LogP contribution in [0.15, 0.2) is 36.4 Å². The summed E-state index contributed by atoms with van der Waals surface area (Å²) in [6.45, 7) is -0.863. The van der Waals surface area contributed by atoms with E-state index in [0.29, 0.717) is 12.0 Å². The van der Waals surface area contributed by atoms with Gasteiger partial charge in [-0.25, -0.2) is 0 Å². The number of aryl methyl sites for hydroxylation is 1. The Morgan fingerprint density at radius 3 is 2.64 bits per heavy atom. The van der Waals surface area contributed by atoms with Crippen molar-refractivity contribution in [2.45, 2.75) is 20.0 Å². The average Bonchev–Trinajstić information content (AvgIpc) is 2.56. The summed E-state index contributed by atoms with van der Waals surface area (Å²) < 4.78 is 34.2. The summed E-state index contributed by atoms with van der Waals surface area (Å²) in [5.74, 6) is -0.352. The Labute approximate surface area is 144 Å². The van der Waals surface area contributed by atoms with Crippen LogP contribution in [0, 0.1) is 6.92 Å². The summed E-state index contributed by atoms with van der Waals surface area (Å²) in [4.78, 5) is 12.1. The summed E-state index contributed by atoms with van der Waals surface area (Å²) in [5, 5.41) is 12.4. The van der Waals surface area contributed by atoms with E-state index in [4.69, 9.17) is 4.74 Å². The van der Waals surface area contributed by atoms with Crippen LogP contribution in [0.3, 0.4) is 0 Å². The number of phenols is 1. The van der Waals surface area contributed by atoms with E-state index in [-0.39, 0.29) is 29.4 Å². The Morgan fingerprint density at radius 1 is 1.20 bits per heavy atom. The third kappa shape index (κ3) is 5.07. The molecule has 0 aliphatic heterocycles. The Kier molecular flexibility index (Phi) is 6.16. The maximum absolute atomic E-state index is 12.4. The number of halogens is 2. The van der Waals surface area contributed by atoms with Gasteiger partial charge in [-0.05, 0) is 43.2 Å². The van der Waals surface area contributed by atoms with Crippen LogP contribution in [-0.4, -0.2) is 31.3 Å². The first-order chi connectivity index (χ1) is 11.9. The molecule has 0 aromatic heterocycles. The number of carbonyl (C=O) groups excluding carboxylic acids is 1. The second-order valence-electron chi connectivity index (χ2n) is 5.39. The summed E-state index contributed by atoms with van der Waals surface area (Å²) in [6, 6.07) is 9.43. The van der Waals surface area contributed by atoms with E-state index in [0.717, 1.165) is 5.56 Å². The lowest BCUT2D eigenvalue weighted by molar-refractivity contribution is -0.0512. The van der Waals surface area contributed by atoms with Gasteiger partial charge in [-0.1, -0.05) is 17.7 Å². The lowest BCUT2D eigenvalue weighted by atomic mass is 10.1. The van der Waals surface area contributed by atoms with E-state index in [1.54, 1.807) is 18.2 Å². The molecule has 0 radical (unpaired) electrons. The van der Waals surface area contributed by atoms with Crippen molar-refractivity contribution in [1.82, 2.24) is 5.32 Å². The fraction of sp³-hybridized carbons (Fsp3) is 0.278. The number of carbonyl (C=O) groups is 1. The zero-order valence-corrected chi connectivity index (χ0v) is 13.9. The standard InChI is InChI=1S/C18H19F2NO4/c1-11-3-5-14(22)13(9-11)17(23)21-8-7-12-4-6-15(24-2)16(10-12)25-18(19)20/h3-6,9-10,18,22H,7-8H2,1-2H3,(H,21,23). The first kappa shape index (κ1) is 18.5. The number of aromatic hydroxyl groups is 1. The normalized spacial score (nSPS) is 10.6. The highest BCUT2D eigenvalue weighted by Crippen LogP contribution is 2.29. The fourth-order valence-electron chi connectivity index (χ4n) is 2.31. The molecular formula is C18H19F2NO4. The number of nitrogens with one attached hydrogen (secondary N) is 1. The third-order valence-corrected chi connectivity index (χ3v) is 3.54. The number of ether oxygens (including phenoxy) is 2. The van der Waals surface area contributed by atoms with Crippen molar-refractivity contribution in [3.63, 3.8) is 0 Å². The van der Waals surface area contributed by atoms with Crippen molar-refractivity contribution >= 4 is 5.91 Å². The van der Waals surface area contributed by atoms with Crippen LogP contribution in [0.5, 0.6) is 17.2 Å². The van der Waals surface area contributed by atoms with Crippen LogP contribution >= 0.6 is 0 Å². The number of benzene rings is 2. The van der Waals surface area contributed by atoms with Crippen LogP contribution in [-0.2, 0) is 6.42 Å². The van der Waals surface area contributed by atoms with Crippen LogP contribution < -0.4 is 14.8 Å². The lowest BCUT2D eigenvalue weighted by Crippen LogP contribution is -2.25. The van der Waals surface area contributed by atoms with E-state index in [1.807, 2.05) is 6.92 Å². The highest BCUT2D eigenvalue weighted by atomic mass is 19.3. The minimum Gasteiger partial charge on any atom is -0.507 e. The number of hydrogen-bond donors (Lipinski definition) is 2. The molecule has 0 aliphatic carbocycles. The maximum atomic E-state index is 12.4. The Balaban J connectivity index is 1.99. The zero-order valence-electron chi connectivity index (χ0n) is 13.9. The van der Waals surface area contributed by atoms with Gasteiger partial charge in [-0.3, -0.25) is 4.79 Å². The third-order valence-electron chi connectivity index (χ3n) is 3.54. The summed E-state index contributed by atoms with van der Waals surface area (Å²) >= 11 is 0. The molecule has 0 spiro atoms. The first-order valence-electron chi connectivity index (χ1n) is 7.60.